The Morgan fingerprint density at radius 2 is 2.00 bits per heavy atom. The molecule has 0 aliphatic heterocycles. The van der Waals surface area contributed by atoms with Crippen molar-refractivity contribution < 1.29 is 0 Å². The summed E-state index contributed by atoms with van der Waals surface area (Å²) in [6, 6.07) is 2.87. The molecule has 1 nitrogen and oxygen atoms in total. The fourth-order valence-corrected chi connectivity index (χ4v) is 4.42. The summed E-state index contributed by atoms with van der Waals surface area (Å²) in [6.07, 6.45) is 7.07. The van der Waals surface area contributed by atoms with E-state index in [0.717, 1.165) is 18.4 Å². The zero-order valence-corrected chi connectivity index (χ0v) is 12.9. The second-order valence-corrected chi connectivity index (χ2v) is 6.64. The van der Waals surface area contributed by atoms with Crippen LogP contribution in [0.1, 0.15) is 62.4 Å². The van der Waals surface area contributed by atoms with E-state index in [4.69, 9.17) is 0 Å². The van der Waals surface area contributed by atoms with Crippen molar-refractivity contribution >= 4 is 11.3 Å². The standard InChI is InChI=1S/C16H27NS/c1-4-13-6-8-14(9-7-13)15(17-5-2)16-12(3)10-11-18-16/h10-11,13-15,17H,4-9H2,1-3H3. The largest absolute Gasteiger partial charge is 0.309 e. The topological polar surface area (TPSA) is 12.0 Å². The molecule has 0 spiro atoms. The van der Waals surface area contributed by atoms with Gasteiger partial charge in [-0.25, -0.2) is 0 Å². The van der Waals surface area contributed by atoms with Crippen LogP contribution in [0.15, 0.2) is 11.4 Å². The van der Waals surface area contributed by atoms with Crippen LogP contribution >= 0.6 is 11.3 Å². The summed E-state index contributed by atoms with van der Waals surface area (Å²) in [4.78, 5) is 1.58. The Hall–Kier alpha value is -0.340. The summed E-state index contributed by atoms with van der Waals surface area (Å²) in [6.45, 7) is 7.91. The molecular weight excluding hydrogens is 238 g/mol. The molecule has 1 aromatic rings. The Kier molecular flexibility index (Phi) is 5.25. The van der Waals surface area contributed by atoms with Crippen LogP contribution in [0.3, 0.4) is 0 Å². The fourth-order valence-electron chi connectivity index (χ4n) is 3.33. The lowest BCUT2D eigenvalue weighted by molar-refractivity contribution is 0.221. The number of hydrogen-bond donors (Lipinski definition) is 1. The molecule has 2 heteroatoms. The molecule has 0 amide bonds. The van der Waals surface area contributed by atoms with Gasteiger partial charge in [-0.3, -0.25) is 0 Å². The summed E-state index contributed by atoms with van der Waals surface area (Å²) in [5, 5.41) is 5.98. The van der Waals surface area contributed by atoms with Crippen molar-refractivity contribution in [1.82, 2.24) is 5.32 Å². The highest BCUT2D eigenvalue weighted by Crippen LogP contribution is 2.40. The van der Waals surface area contributed by atoms with Crippen molar-refractivity contribution in [2.24, 2.45) is 11.8 Å². The minimum Gasteiger partial charge on any atom is -0.309 e. The van der Waals surface area contributed by atoms with E-state index < -0.39 is 0 Å². The Bertz CT molecular complexity index is 350. The Morgan fingerprint density at radius 3 is 2.50 bits per heavy atom. The average Bonchev–Trinajstić information content (AvgIpc) is 2.82. The van der Waals surface area contributed by atoms with Crippen molar-refractivity contribution in [2.75, 3.05) is 6.54 Å². The van der Waals surface area contributed by atoms with Gasteiger partial charge >= 0.3 is 0 Å². The number of rotatable bonds is 5. The van der Waals surface area contributed by atoms with Crippen LogP contribution in [0.2, 0.25) is 0 Å². The lowest BCUT2D eigenvalue weighted by atomic mass is 9.77. The van der Waals surface area contributed by atoms with Crippen molar-refractivity contribution in [3.8, 4) is 0 Å². The fraction of sp³-hybridized carbons (Fsp3) is 0.750. The molecule has 0 bridgehead atoms. The Balaban J connectivity index is 2.05. The second kappa shape index (κ2) is 6.72. The predicted molar refractivity (Wildman–Crippen MR) is 81.2 cm³/mol. The molecule has 1 atom stereocenters. The van der Waals surface area contributed by atoms with Gasteiger partial charge in [0.15, 0.2) is 0 Å². The quantitative estimate of drug-likeness (QED) is 0.796. The van der Waals surface area contributed by atoms with Crippen molar-refractivity contribution in [3.63, 3.8) is 0 Å². The molecule has 1 fully saturated rings. The van der Waals surface area contributed by atoms with Crippen molar-refractivity contribution in [3.05, 3.63) is 21.9 Å². The van der Waals surface area contributed by atoms with Gasteiger partial charge in [0, 0.05) is 10.9 Å². The number of hydrogen-bond acceptors (Lipinski definition) is 2. The first-order chi connectivity index (χ1) is 8.76. The summed E-state index contributed by atoms with van der Waals surface area (Å²) in [5.74, 6) is 1.85. The lowest BCUT2D eigenvalue weighted by Gasteiger charge is -2.34. The highest BCUT2D eigenvalue weighted by Gasteiger charge is 2.28. The number of aryl methyl sites for hydroxylation is 1. The second-order valence-electron chi connectivity index (χ2n) is 5.69. The maximum Gasteiger partial charge on any atom is 0.0446 e. The summed E-state index contributed by atoms with van der Waals surface area (Å²) < 4.78 is 0. The molecule has 1 aromatic heterocycles. The van der Waals surface area contributed by atoms with Gasteiger partial charge in [-0.1, -0.05) is 33.1 Å². The third kappa shape index (κ3) is 3.16. The van der Waals surface area contributed by atoms with Crippen LogP contribution in [0.25, 0.3) is 0 Å². The summed E-state index contributed by atoms with van der Waals surface area (Å²) in [7, 11) is 0. The highest BCUT2D eigenvalue weighted by atomic mass is 32.1. The minimum absolute atomic E-state index is 0.604. The minimum atomic E-state index is 0.604. The first-order valence-corrected chi connectivity index (χ1v) is 8.41. The molecule has 0 radical (unpaired) electrons. The van der Waals surface area contributed by atoms with Gasteiger partial charge in [-0.05, 0) is 55.2 Å². The molecule has 1 aliphatic carbocycles. The molecule has 1 heterocycles. The Morgan fingerprint density at radius 1 is 1.28 bits per heavy atom. The normalized spacial score (nSPS) is 26.2. The van der Waals surface area contributed by atoms with Crippen LogP contribution < -0.4 is 5.32 Å². The first-order valence-electron chi connectivity index (χ1n) is 7.53. The summed E-state index contributed by atoms with van der Waals surface area (Å²) >= 11 is 1.94. The van der Waals surface area contributed by atoms with Gasteiger partial charge in [-0.15, -0.1) is 11.3 Å². The smallest absolute Gasteiger partial charge is 0.0446 e. The molecule has 0 saturated heterocycles. The van der Waals surface area contributed by atoms with Gasteiger partial charge in [0.05, 0.1) is 0 Å². The maximum absolute atomic E-state index is 3.74. The molecular formula is C16H27NS. The van der Waals surface area contributed by atoms with Crippen LogP contribution in [0.4, 0.5) is 0 Å². The molecule has 2 rings (SSSR count). The van der Waals surface area contributed by atoms with Crippen molar-refractivity contribution in [1.29, 1.82) is 0 Å². The van der Waals surface area contributed by atoms with E-state index in [1.165, 1.54) is 37.7 Å². The van der Waals surface area contributed by atoms with Crippen LogP contribution in [0, 0.1) is 18.8 Å². The van der Waals surface area contributed by atoms with Gasteiger partial charge in [-0.2, -0.15) is 0 Å². The average molecular weight is 265 g/mol. The van der Waals surface area contributed by atoms with Crippen LogP contribution in [0.5, 0.6) is 0 Å². The van der Waals surface area contributed by atoms with E-state index in [-0.39, 0.29) is 0 Å². The Labute approximate surface area is 116 Å². The molecule has 0 aromatic carbocycles. The molecule has 1 aliphatic rings. The third-order valence-corrected chi connectivity index (χ3v) is 5.65. The van der Waals surface area contributed by atoms with E-state index in [0.29, 0.717) is 6.04 Å². The molecule has 1 N–H and O–H groups in total. The van der Waals surface area contributed by atoms with E-state index in [9.17, 15) is 0 Å². The van der Waals surface area contributed by atoms with E-state index in [1.54, 1.807) is 4.88 Å². The van der Waals surface area contributed by atoms with Gasteiger partial charge < -0.3 is 5.32 Å². The van der Waals surface area contributed by atoms with Crippen molar-refractivity contribution in [2.45, 2.75) is 58.9 Å². The third-order valence-electron chi connectivity index (χ3n) is 4.55. The number of nitrogens with one attached hydrogen (secondary N) is 1. The maximum atomic E-state index is 3.74. The zero-order valence-electron chi connectivity index (χ0n) is 12.0. The SMILES string of the molecule is CCNC(c1sccc1C)C1CCC(CC)CC1. The van der Waals surface area contributed by atoms with Gasteiger partial charge in [0.2, 0.25) is 0 Å². The molecule has 1 unspecified atom stereocenters. The predicted octanol–water partition coefficient (Wildman–Crippen LogP) is 4.92. The number of thiophene rings is 1. The first kappa shape index (κ1) is 14.1. The zero-order chi connectivity index (χ0) is 13.0. The van der Waals surface area contributed by atoms with Crippen LogP contribution in [-0.2, 0) is 0 Å². The monoisotopic (exact) mass is 265 g/mol. The van der Waals surface area contributed by atoms with E-state index in [2.05, 4.69) is 37.5 Å². The van der Waals surface area contributed by atoms with E-state index >= 15 is 0 Å². The van der Waals surface area contributed by atoms with Gasteiger partial charge in [0.1, 0.15) is 0 Å². The molecule has 102 valence electrons. The molecule has 18 heavy (non-hydrogen) atoms. The highest BCUT2D eigenvalue weighted by molar-refractivity contribution is 7.10. The van der Waals surface area contributed by atoms with Crippen LogP contribution in [-0.4, -0.2) is 6.54 Å². The lowest BCUT2D eigenvalue weighted by Crippen LogP contribution is -2.30. The van der Waals surface area contributed by atoms with Gasteiger partial charge in [0.25, 0.3) is 0 Å². The van der Waals surface area contributed by atoms with E-state index in [1.807, 2.05) is 11.3 Å². The summed E-state index contributed by atoms with van der Waals surface area (Å²) in [5.41, 5.74) is 1.48. The molecule has 1 saturated carbocycles.